The summed E-state index contributed by atoms with van der Waals surface area (Å²) in [6.07, 6.45) is 10.2. The van der Waals surface area contributed by atoms with E-state index in [-0.39, 0.29) is 36.7 Å². The van der Waals surface area contributed by atoms with E-state index >= 15 is 0 Å². The molecule has 14 nitrogen and oxygen atoms in total. The van der Waals surface area contributed by atoms with Crippen LogP contribution in [-0.4, -0.2) is 66.5 Å². The van der Waals surface area contributed by atoms with Gasteiger partial charge in [-0.05, 0) is 85.8 Å². The van der Waals surface area contributed by atoms with Gasteiger partial charge in [0.15, 0.2) is 0 Å². The Morgan fingerprint density at radius 2 is 1.03 bits per heavy atom. The fraction of sp³-hybridized carbons (Fsp3) is 0.370. The van der Waals surface area contributed by atoms with Crippen molar-refractivity contribution >= 4 is 23.6 Å². The smallest absolute Gasteiger partial charge is 0.250 e. The highest BCUT2D eigenvalue weighted by atomic mass is 16.5. The molecule has 0 unspecified atom stereocenters. The molecular weight excluding hydrogens is 857 g/mol. The molecule has 2 fully saturated rings. The number of rotatable bonds is 20. The van der Waals surface area contributed by atoms with Crippen LogP contribution in [0.2, 0.25) is 0 Å². The van der Waals surface area contributed by atoms with Crippen molar-refractivity contribution in [1.82, 2.24) is 40.4 Å². The van der Waals surface area contributed by atoms with E-state index in [1.54, 1.807) is 22.2 Å². The number of aromatic nitrogens is 4. The van der Waals surface area contributed by atoms with Gasteiger partial charge in [-0.3, -0.25) is 19.2 Å². The molecule has 2 aromatic heterocycles. The van der Waals surface area contributed by atoms with Gasteiger partial charge in [0.05, 0.1) is 36.9 Å². The van der Waals surface area contributed by atoms with Gasteiger partial charge in [0.25, 0.3) is 0 Å². The second-order valence-corrected chi connectivity index (χ2v) is 18.7. The maximum atomic E-state index is 14.2. The molecule has 0 spiro atoms. The van der Waals surface area contributed by atoms with Gasteiger partial charge in [0.1, 0.15) is 48.4 Å². The van der Waals surface area contributed by atoms with Crippen molar-refractivity contribution in [2.24, 2.45) is 11.8 Å². The molecule has 68 heavy (non-hydrogen) atoms. The quantitative estimate of drug-likeness (QED) is 0.0589. The Balaban J connectivity index is 0.845. The second kappa shape index (κ2) is 19.6. The van der Waals surface area contributed by atoms with Gasteiger partial charge in [-0.1, -0.05) is 74.5 Å². The normalized spacial score (nSPS) is 15.3. The van der Waals surface area contributed by atoms with Crippen LogP contribution in [0.15, 0.2) is 97.3 Å². The molecule has 2 aliphatic heterocycles. The van der Waals surface area contributed by atoms with E-state index in [4.69, 9.17) is 19.4 Å². The SMILES string of the molecule is CCCN(Cc1ncc(-c2cc3c4c(c2)OCc2cc(-c5cnc(CN(CCC)C(=O)[C@H](NC(=O)CC6CC6)c6ccccc6)[nH]5)cc(c2-4)OC3)[nH]1)C(=O)[C@H](NC(=O)CC1CC1)c1ccccc1. The van der Waals surface area contributed by atoms with Crippen LogP contribution in [0.1, 0.15) is 111 Å². The van der Waals surface area contributed by atoms with Crippen molar-refractivity contribution in [3.8, 4) is 45.1 Å². The highest BCUT2D eigenvalue weighted by Crippen LogP contribution is 2.51. The van der Waals surface area contributed by atoms with Crippen LogP contribution in [-0.2, 0) is 45.5 Å². The van der Waals surface area contributed by atoms with Crippen molar-refractivity contribution in [3.05, 3.63) is 131 Å². The molecule has 2 saturated carbocycles. The summed E-state index contributed by atoms with van der Waals surface area (Å²) in [7, 11) is 0. The number of nitrogens with one attached hydrogen (secondary N) is 4. The monoisotopic (exact) mass is 914 g/mol. The molecule has 4 aromatic carbocycles. The molecule has 10 rings (SSSR count). The molecule has 2 aliphatic carbocycles. The predicted molar refractivity (Wildman–Crippen MR) is 256 cm³/mol. The Bertz CT molecular complexity index is 2570. The minimum absolute atomic E-state index is 0.0995. The average molecular weight is 915 g/mol. The van der Waals surface area contributed by atoms with Gasteiger partial charge in [-0.2, -0.15) is 0 Å². The van der Waals surface area contributed by atoms with E-state index in [0.717, 1.165) is 106 Å². The van der Waals surface area contributed by atoms with Crippen molar-refractivity contribution in [2.45, 2.75) is 104 Å². The predicted octanol–water partition coefficient (Wildman–Crippen LogP) is 8.71. The van der Waals surface area contributed by atoms with Gasteiger partial charge in [-0.15, -0.1) is 0 Å². The first-order chi connectivity index (χ1) is 33.2. The number of aromatic amines is 2. The lowest BCUT2D eigenvalue weighted by Gasteiger charge is -2.30. The first kappa shape index (κ1) is 44.6. The van der Waals surface area contributed by atoms with Crippen molar-refractivity contribution in [3.63, 3.8) is 0 Å². The first-order valence-electron chi connectivity index (χ1n) is 24.2. The summed E-state index contributed by atoms with van der Waals surface area (Å²) >= 11 is 0. The first-order valence-corrected chi connectivity index (χ1v) is 24.2. The van der Waals surface area contributed by atoms with Crippen LogP contribution >= 0.6 is 0 Å². The minimum atomic E-state index is -0.786. The zero-order valence-corrected chi connectivity index (χ0v) is 38.7. The van der Waals surface area contributed by atoms with Gasteiger partial charge < -0.3 is 39.9 Å². The topological polar surface area (TPSA) is 175 Å². The number of hydrogen-bond donors (Lipinski definition) is 4. The van der Waals surface area contributed by atoms with Crippen LogP contribution in [0.4, 0.5) is 0 Å². The van der Waals surface area contributed by atoms with E-state index in [2.05, 4.69) is 32.7 Å². The molecule has 4 aliphatic rings. The molecular formula is C54H58N8O6. The average Bonchev–Trinajstić information content (AvgIpc) is 4.26. The molecule has 4 heterocycles. The molecule has 0 saturated heterocycles. The third kappa shape index (κ3) is 9.90. The highest BCUT2D eigenvalue weighted by Gasteiger charge is 2.34. The molecule has 2 atom stereocenters. The summed E-state index contributed by atoms with van der Waals surface area (Å²) in [5.41, 5.74) is 8.88. The van der Waals surface area contributed by atoms with E-state index in [1.807, 2.05) is 86.6 Å². The van der Waals surface area contributed by atoms with E-state index in [1.165, 1.54) is 0 Å². The minimum Gasteiger partial charge on any atom is -0.488 e. The summed E-state index contributed by atoms with van der Waals surface area (Å²) in [5, 5.41) is 6.09. The standard InChI is InChI=1S/C54H58N8O6/c1-3-19-61(53(65)51(35-11-7-5-8-12-35)59-47(63)21-33-15-16-33)29-45-55-27-41(57-45)37-23-39-31-68-44-26-38(24-40-32-67-43(25-37)49(39)50(40)44)42-28-56-46(58-42)30-62(20-4-2)54(66)52(36-13-9-6-10-14-36)60-48(64)22-34-17-18-34/h5-14,23-28,33-34,51-52H,3-4,15-22,29-32H2,1-2H3,(H,55,57)(H,56,58)(H,59,63)(H,60,64)/t51-,52-/m1/s1. The molecule has 4 N–H and O–H groups in total. The molecule has 0 radical (unpaired) electrons. The van der Waals surface area contributed by atoms with Crippen LogP contribution in [0, 0.1) is 11.8 Å². The largest absolute Gasteiger partial charge is 0.488 e. The van der Waals surface area contributed by atoms with Gasteiger partial charge >= 0.3 is 0 Å². The van der Waals surface area contributed by atoms with E-state index in [9.17, 15) is 19.2 Å². The van der Waals surface area contributed by atoms with Crippen molar-refractivity contribution < 1.29 is 28.7 Å². The van der Waals surface area contributed by atoms with Gasteiger partial charge in [-0.25, -0.2) is 9.97 Å². The Morgan fingerprint density at radius 1 is 0.618 bits per heavy atom. The van der Waals surface area contributed by atoms with Crippen molar-refractivity contribution in [2.75, 3.05) is 13.1 Å². The van der Waals surface area contributed by atoms with Crippen molar-refractivity contribution in [1.29, 1.82) is 0 Å². The van der Waals surface area contributed by atoms with E-state index in [0.29, 0.717) is 62.6 Å². The van der Waals surface area contributed by atoms with Gasteiger partial charge in [0.2, 0.25) is 23.6 Å². The van der Waals surface area contributed by atoms with E-state index < -0.39 is 12.1 Å². The number of carbonyl (C=O) groups is 4. The number of ether oxygens (including phenoxy) is 2. The number of imidazole rings is 2. The number of H-pyrrole nitrogens is 2. The lowest BCUT2D eigenvalue weighted by molar-refractivity contribution is -0.137. The lowest BCUT2D eigenvalue weighted by atomic mass is 9.87. The fourth-order valence-corrected chi connectivity index (χ4v) is 9.45. The zero-order chi connectivity index (χ0) is 46.7. The number of nitrogens with zero attached hydrogens (tertiary/aromatic N) is 4. The Hall–Kier alpha value is -7.22. The van der Waals surface area contributed by atoms with Crippen LogP contribution in [0.3, 0.4) is 0 Å². The summed E-state index contributed by atoms with van der Waals surface area (Å²) in [6, 6.07) is 25.6. The summed E-state index contributed by atoms with van der Waals surface area (Å²) < 4.78 is 13.0. The molecule has 4 amide bonds. The number of hydrogen-bond acceptors (Lipinski definition) is 8. The Morgan fingerprint density at radius 3 is 1.41 bits per heavy atom. The summed E-state index contributed by atoms with van der Waals surface area (Å²) in [6.45, 7) is 6.27. The summed E-state index contributed by atoms with van der Waals surface area (Å²) in [4.78, 5) is 74.3. The Labute approximate surface area is 396 Å². The van der Waals surface area contributed by atoms with Crippen LogP contribution < -0.4 is 20.1 Å². The Kier molecular flexibility index (Phi) is 12.8. The maximum Gasteiger partial charge on any atom is 0.250 e. The molecule has 6 aromatic rings. The molecule has 0 bridgehead atoms. The molecule has 350 valence electrons. The lowest BCUT2D eigenvalue weighted by Crippen LogP contribution is -2.43. The second-order valence-electron chi connectivity index (χ2n) is 18.7. The number of benzene rings is 4. The van der Waals surface area contributed by atoms with Crippen LogP contribution in [0.25, 0.3) is 33.6 Å². The third-order valence-corrected chi connectivity index (χ3v) is 13.3. The fourth-order valence-electron chi connectivity index (χ4n) is 9.45. The van der Waals surface area contributed by atoms with Gasteiger partial charge in [0, 0.05) is 59.3 Å². The van der Waals surface area contributed by atoms with Crippen LogP contribution in [0.5, 0.6) is 11.5 Å². The number of amides is 4. The zero-order valence-electron chi connectivity index (χ0n) is 38.7. The third-order valence-electron chi connectivity index (χ3n) is 13.3. The summed E-state index contributed by atoms with van der Waals surface area (Å²) in [5.74, 6) is 3.07. The molecule has 14 heteroatoms. The maximum absolute atomic E-state index is 14.2. The number of carbonyl (C=O) groups excluding carboxylic acids is 4. The highest BCUT2D eigenvalue weighted by molar-refractivity contribution is 5.91.